The number of halogens is 1. The van der Waals surface area contributed by atoms with Gasteiger partial charge in [0.05, 0.1) is 24.5 Å². The number of piperazine rings is 1. The van der Waals surface area contributed by atoms with Gasteiger partial charge in [0, 0.05) is 18.5 Å². The zero-order valence-electron chi connectivity index (χ0n) is 9.11. The summed E-state index contributed by atoms with van der Waals surface area (Å²) in [5.74, 6) is 0.192. The minimum absolute atomic E-state index is 0.0599. The second-order valence-corrected chi connectivity index (χ2v) is 4.92. The van der Waals surface area contributed by atoms with Crippen molar-refractivity contribution in [2.24, 2.45) is 0 Å². The molecule has 0 atom stereocenters. The third kappa shape index (κ3) is 3.17. The first-order chi connectivity index (χ1) is 8.19. The molecule has 1 N–H and O–H groups in total. The van der Waals surface area contributed by atoms with Crippen LogP contribution in [0.15, 0.2) is 5.38 Å². The van der Waals surface area contributed by atoms with E-state index in [2.05, 4.69) is 10.3 Å². The van der Waals surface area contributed by atoms with Gasteiger partial charge in [0.15, 0.2) is 0 Å². The topological polar surface area (TPSA) is 62.3 Å². The van der Waals surface area contributed by atoms with Gasteiger partial charge in [0.25, 0.3) is 0 Å². The molecule has 0 spiro atoms. The SMILES string of the molecule is O=C1CN(C(=O)Cc2nc(CCl)cs2)CCN1. The predicted molar refractivity (Wildman–Crippen MR) is 65.0 cm³/mol. The van der Waals surface area contributed by atoms with Gasteiger partial charge < -0.3 is 10.2 Å². The lowest BCUT2D eigenvalue weighted by Crippen LogP contribution is -2.50. The highest BCUT2D eigenvalue weighted by atomic mass is 35.5. The van der Waals surface area contributed by atoms with Gasteiger partial charge >= 0.3 is 0 Å². The van der Waals surface area contributed by atoms with Crippen LogP contribution >= 0.6 is 22.9 Å². The normalized spacial score (nSPS) is 15.8. The van der Waals surface area contributed by atoms with Crippen molar-refractivity contribution in [2.75, 3.05) is 19.6 Å². The van der Waals surface area contributed by atoms with Crippen LogP contribution in [0.2, 0.25) is 0 Å². The number of nitrogens with zero attached hydrogens (tertiary/aromatic N) is 2. The van der Waals surface area contributed by atoms with Crippen LogP contribution in [0.5, 0.6) is 0 Å². The number of hydrogen-bond acceptors (Lipinski definition) is 4. The summed E-state index contributed by atoms with van der Waals surface area (Å²) in [5, 5.41) is 5.27. The number of thiazole rings is 1. The number of rotatable bonds is 3. The lowest BCUT2D eigenvalue weighted by molar-refractivity contribution is -0.137. The molecule has 7 heteroatoms. The van der Waals surface area contributed by atoms with Crippen molar-refractivity contribution in [3.05, 3.63) is 16.1 Å². The summed E-state index contributed by atoms with van der Waals surface area (Å²) in [4.78, 5) is 28.8. The zero-order valence-corrected chi connectivity index (χ0v) is 10.7. The maximum Gasteiger partial charge on any atom is 0.239 e. The lowest BCUT2D eigenvalue weighted by atomic mass is 10.3. The Bertz CT molecular complexity index is 435. The molecule has 0 aromatic carbocycles. The standard InChI is InChI=1S/C10H12ClN3O2S/c11-4-7-6-17-9(13-7)3-10(16)14-2-1-12-8(15)5-14/h6H,1-5H2,(H,12,15). The Balaban J connectivity index is 1.94. The number of amides is 2. The summed E-state index contributed by atoms with van der Waals surface area (Å²) in [6, 6.07) is 0. The molecule has 2 amide bonds. The van der Waals surface area contributed by atoms with E-state index in [1.54, 1.807) is 4.90 Å². The summed E-state index contributed by atoms with van der Waals surface area (Å²) >= 11 is 7.06. The van der Waals surface area contributed by atoms with E-state index in [0.29, 0.717) is 19.0 Å². The molecule has 2 rings (SSSR count). The molecule has 5 nitrogen and oxygen atoms in total. The Hall–Kier alpha value is -1.14. The molecule has 1 saturated heterocycles. The minimum atomic E-state index is -0.106. The number of nitrogens with one attached hydrogen (secondary N) is 1. The third-order valence-corrected chi connectivity index (χ3v) is 3.60. The van der Waals surface area contributed by atoms with Crippen molar-refractivity contribution in [2.45, 2.75) is 12.3 Å². The predicted octanol–water partition coefficient (Wildman–Crippen LogP) is 0.383. The molecular formula is C10H12ClN3O2S. The Morgan fingerprint density at radius 3 is 3.12 bits per heavy atom. The number of carbonyl (C=O) groups is 2. The first-order valence-corrected chi connectivity index (χ1v) is 6.64. The van der Waals surface area contributed by atoms with E-state index in [1.807, 2.05) is 5.38 Å². The first kappa shape index (κ1) is 12.3. The molecule has 0 unspecified atom stereocenters. The van der Waals surface area contributed by atoms with E-state index < -0.39 is 0 Å². The van der Waals surface area contributed by atoms with Gasteiger partial charge in [0.2, 0.25) is 11.8 Å². The van der Waals surface area contributed by atoms with Crippen LogP contribution in [0.3, 0.4) is 0 Å². The molecule has 1 aliphatic rings. The van der Waals surface area contributed by atoms with Crippen molar-refractivity contribution in [3.8, 4) is 0 Å². The van der Waals surface area contributed by atoms with Gasteiger partial charge in [0.1, 0.15) is 5.01 Å². The van der Waals surface area contributed by atoms with Crippen molar-refractivity contribution in [3.63, 3.8) is 0 Å². The van der Waals surface area contributed by atoms with Crippen LogP contribution in [0.1, 0.15) is 10.7 Å². The number of alkyl halides is 1. The number of aromatic nitrogens is 1. The Labute approximate surface area is 108 Å². The molecule has 0 bridgehead atoms. The number of carbonyl (C=O) groups excluding carboxylic acids is 2. The third-order valence-electron chi connectivity index (χ3n) is 2.43. The second-order valence-electron chi connectivity index (χ2n) is 3.71. The summed E-state index contributed by atoms with van der Waals surface area (Å²) in [5.41, 5.74) is 0.788. The summed E-state index contributed by atoms with van der Waals surface area (Å²) in [6.07, 6.45) is 0.245. The maximum absolute atomic E-state index is 11.9. The molecule has 2 heterocycles. The highest BCUT2D eigenvalue weighted by Gasteiger charge is 2.21. The smallest absolute Gasteiger partial charge is 0.239 e. The maximum atomic E-state index is 11.9. The van der Waals surface area contributed by atoms with E-state index in [1.165, 1.54) is 11.3 Å². The van der Waals surface area contributed by atoms with E-state index in [-0.39, 0.29) is 24.8 Å². The molecule has 1 aliphatic heterocycles. The lowest BCUT2D eigenvalue weighted by Gasteiger charge is -2.26. The van der Waals surface area contributed by atoms with Crippen LogP contribution < -0.4 is 5.32 Å². The fourth-order valence-corrected chi connectivity index (χ4v) is 2.60. The number of hydrogen-bond donors (Lipinski definition) is 1. The van der Waals surface area contributed by atoms with Crippen molar-refractivity contribution in [1.82, 2.24) is 15.2 Å². The minimum Gasteiger partial charge on any atom is -0.353 e. The van der Waals surface area contributed by atoms with E-state index in [9.17, 15) is 9.59 Å². The second kappa shape index (κ2) is 5.46. The molecule has 0 saturated carbocycles. The Kier molecular flexibility index (Phi) is 3.96. The molecule has 1 aromatic rings. The zero-order chi connectivity index (χ0) is 12.3. The summed E-state index contributed by atoms with van der Waals surface area (Å²) in [6.45, 7) is 1.24. The molecule has 92 valence electrons. The van der Waals surface area contributed by atoms with Crippen molar-refractivity contribution >= 4 is 34.8 Å². The van der Waals surface area contributed by atoms with Gasteiger partial charge in [-0.3, -0.25) is 9.59 Å². The fraction of sp³-hybridized carbons (Fsp3) is 0.500. The van der Waals surface area contributed by atoms with Gasteiger partial charge in [-0.05, 0) is 0 Å². The molecule has 0 aliphatic carbocycles. The largest absolute Gasteiger partial charge is 0.353 e. The summed E-state index contributed by atoms with van der Waals surface area (Å²) in [7, 11) is 0. The highest BCUT2D eigenvalue weighted by molar-refractivity contribution is 7.09. The van der Waals surface area contributed by atoms with Crippen LogP contribution in [-0.2, 0) is 21.9 Å². The Morgan fingerprint density at radius 1 is 1.65 bits per heavy atom. The van der Waals surface area contributed by atoms with E-state index in [4.69, 9.17) is 11.6 Å². The monoisotopic (exact) mass is 273 g/mol. The molecular weight excluding hydrogens is 262 g/mol. The fourth-order valence-electron chi connectivity index (χ4n) is 1.58. The molecule has 0 radical (unpaired) electrons. The Morgan fingerprint density at radius 2 is 2.47 bits per heavy atom. The van der Waals surface area contributed by atoms with Crippen LogP contribution in [0.25, 0.3) is 0 Å². The van der Waals surface area contributed by atoms with E-state index in [0.717, 1.165) is 10.7 Å². The average Bonchev–Trinajstić information content (AvgIpc) is 2.77. The van der Waals surface area contributed by atoms with Gasteiger partial charge in [-0.15, -0.1) is 22.9 Å². The molecule has 1 aromatic heterocycles. The summed E-state index contributed by atoms with van der Waals surface area (Å²) < 4.78 is 0. The average molecular weight is 274 g/mol. The van der Waals surface area contributed by atoms with Crippen molar-refractivity contribution in [1.29, 1.82) is 0 Å². The highest BCUT2D eigenvalue weighted by Crippen LogP contribution is 2.13. The van der Waals surface area contributed by atoms with Crippen LogP contribution in [0, 0.1) is 0 Å². The van der Waals surface area contributed by atoms with Crippen molar-refractivity contribution < 1.29 is 9.59 Å². The van der Waals surface area contributed by atoms with Gasteiger partial charge in [-0.25, -0.2) is 4.98 Å². The van der Waals surface area contributed by atoms with E-state index >= 15 is 0 Å². The molecule has 17 heavy (non-hydrogen) atoms. The first-order valence-electron chi connectivity index (χ1n) is 5.23. The van der Waals surface area contributed by atoms with Gasteiger partial charge in [-0.1, -0.05) is 0 Å². The van der Waals surface area contributed by atoms with Gasteiger partial charge in [-0.2, -0.15) is 0 Å². The molecule has 1 fully saturated rings. The van der Waals surface area contributed by atoms with Crippen LogP contribution in [0.4, 0.5) is 0 Å². The quantitative estimate of drug-likeness (QED) is 0.810. The van der Waals surface area contributed by atoms with Crippen LogP contribution in [-0.4, -0.2) is 41.3 Å².